The number of nitro benzene ring substituents is 1. The molecule has 0 amide bonds. The highest BCUT2D eigenvalue weighted by Crippen LogP contribution is 2.36. The zero-order valence-electron chi connectivity index (χ0n) is 8.37. The number of hydrogen-bond donors (Lipinski definition) is 1. The molecule has 0 aliphatic rings. The summed E-state index contributed by atoms with van der Waals surface area (Å²) in [6.45, 7) is 0. The van der Waals surface area contributed by atoms with Gasteiger partial charge in [-0.05, 0) is 0 Å². The number of benzene rings is 1. The second kappa shape index (κ2) is 4.84. The van der Waals surface area contributed by atoms with Gasteiger partial charge in [0.25, 0.3) is 5.69 Å². The van der Waals surface area contributed by atoms with Crippen molar-refractivity contribution in [2.45, 2.75) is 12.5 Å². The fourth-order valence-electron chi connectivity index (χ4n) is 0.991. The number of ether oxygens (including phenoxy) is 1. The first kappa shape index (κ1) is 14.3. The van der Waals surface area contributed by atoms with Gasteiger partial charge in [-0.1, -0.05) is 11.6 Å². The summed E-state index contributed by atoms with van der Waals surface area (Å²) in [5, 5.41) is 10.0. The minimum Gasteiger partial charge on any atom is -0.428 e. The van der Waals surface area contributed by atoms with Gasteiger partial charge in [0.15, 0.2) is 0 Å². The fraction of sp³-hybridized carbons (Fsp3) is 0.250. The van der Waals surface area contributed by atoms with Crippen LogP contribution in [0, 0.1) is 10.1 Å². The number of alkyl halides is 4. The van der Waals surface area contributed by atoms with Crippen LogP contribution in [0.5, 0.6) is 5.75 Å². The van der Waals surface area contributed by atoms with E-state index in [9.17, 15) is 27.7 Å². The first-order chi connectivity index (χ1) is 8.15. The Morgan fingerprint density at radius 1 is 1.44 bits per heavy atom. The third-order valence-corrected chi connectivity index (χ3v) is 2.10. The van der Waals surface area contributed by atoms with E-state index in [1.54, 1.807) is 0 Å². The van der Waals surface area contributed by atoms with Crippen LogP contribution in [0.3, 0.4) is 0 Å². The molecule has 5 nitrogen and oxygen atoms in total. The lowest BCUT2D eigenvalue weighted by Gasteiger charge is -2.17. The molecule has 0 saturated carbocycles. The van der Waals surface area contributed by atoms with Crippen molar-refractivity contribution < 1.29 is 27.2 Å². The fourth-order valence-corrected chi connectivity index (χ4v) is 1.20. The molecule has 2 N–H and O–H groups in total. The highest BCUT2D eigenvalue weighted by molar-refractivity contribution is 6.33. The lowest BCUT2D eigenvalue weighted by atomic mass is 10.2. The quantitative estimate of drug-likeness (QED) is 0.400. The summed E-state index contributed by atoms with van der Waals surface area (Å²) < 4.78 is 52.6. The van der Waals surface area contributed by atoms with Crippen LogP contribution >= 0.6 is 11.6 Å². The molecule has 0 bridgehead atoms. The molecule has 0 unspecified atom stereocenters. The lowest BCUT2D eigenvalue weighted by Crippen LogP contribution is -2.33. The number of hydrogen-bond acceptors (Lipinski definition) is 4. The van der Waals surface area contributed by atoms with Crippen LogP contribution in [-0.2, 0) is 0 Å². The minimum atomic E-state index is -4.78. The van der Waals surface area contributed by atoms with Crippen molar-refractivity contribution in [3.05, 3.63) is 27.3 Å². The van der Waals surface area contributed by atoms with Crippen molar-refractivity contribution in [3.63, 3.8) is 0 Å². The van der Waals surface area contributed by atoms with E-state index in [0.29, 0.717) is 12.1 Å². The van der Waals surface area contributed by atoms with Gasteiger partial charge in [-0.15, -0.1) is 0 Å². The van der Waals surface area contributed by atoms with Gasteiger partial charge in [0.05, 0.1) is 16.0 Å². The molecule has 18 heavy (non-hydrogen) atoms. The largest absolute Gasteiger partial charge is 0.461 e. The molecule has 0 saturated heterocycles. The van der Waals surface area contributed by atoms with E-state index in [1.165, 1.54) is 0 Å². The average Bonchev–Trinajstić information content (AvgIpc) is 2.21. The van der Waals surface area contributed by atoms with Crippen molar-refractivity contribution in [2.24, 2.45) is 0 Å². The Labute approximate surface area is 102 Å². The van der Waals surface area contributed by atoms with E-state index < -0.39 is 39.6 Å². The number of nitrogens with two attached hydrogens (primary N) is 1. The normalized spacial score (nSPS) is 11.7. The second-order valence-corrected chi connectivity index (χ2v) is 3.47. The van der Waals surface area contributed by atoms with Crippen molar-refractivity contribution in [1.29, 1.82) is 0 Å². The number of nitrogen functional groups attached to an aromatic ring is 1. The average molecular weight is 289 g/mol. The summed E-state index contributed by atoms with van der Waals surface area (Å²) in [5.41, 5.74) is 3.92. The van der Waals surface area contributed by atoms with Gasteiger partial charge in [0, 0.05) is 6.07 Å². The van der Waals surface area contributed by atoms with Crippen molar-refractivity contribution in [3.8, 4) is 5.75 Å². The highest BCUT2D eigenvalue weighted by atomic mass is 35.5. The lowest BCUT2D eigenvalue weighted by molar-refractivity contribution is -0.384. The smallest absolute Gasteiger partial charge is 0.428 e. The maximum atomic E-state index is 12.6. The zero-order valence-corrected chi connectivity index (χ0v) is 9.13. The predicted molar refractivity (Wildman–Crippen MR) is 54.1 cm³/mol. The topological polar surface area (TPSA) is 78.4 Å². The van der Waals surface area contributed by atoms with Gasteiger partial charge < -0.3 is 10.5 Å². The summed E-state index contributed by atoms with van der Waals surface area (Å²) in [6.07, 6.45) is -8.87. The third-order valence-electron chi connectivity index (χ3n) is 1.79. The molecule has 1 rings (SSSR count). The number of nitrogens with zero attached hydrogens (tertiary/aromatic N) is 1. The number of halogens is 5. The summed E-state index contributed by atoms with van der Waals surface area (Å²) in [7, 11) is 0. The summed E-state index contributed by atoms with van der Waals surface area (Å²) in [4.78, 5) is 9.50. The van der Waals surface area contributed by atoms with Crippen molar-refractivity contribution in [2.75, 3.05) is 5.73 Å². The third kappa shape index (κ3) is 2.92. The van der Waals surface area contributed by atoms with Crippen LogP contribution in [-0.4, -0.2) is 17.5 Å². The van der Waals surface area contributed by atoms with Crippen LogP contribution in [0.1, 0.15) is 0 Å². The molecular formula is C8H5ClF4N2O3. The second-order valence-electron chi connectivity index (χ2n) is 3.06. The molecule has 0 heterocycles. The number of nitro groups is 1. The maximum absolute atomic E-state index is 12.6. The molecule has 100 valence electrons. The zero-order chi connectivity index (χ0) is 14.1. The molecule has 0 aromatic heterocycles. The highest BCUT2D eigenvalue weighted by Gasteiger charge is 2.44. The van der Waals surface area contributed by atoms with Crippen LogP contribution in [0.2, 0.25) is 5.02 Å². The molecule has 0 fully saturated rings. The molecule has 0 aliphatic carbocycles. The van der Waals surface area contributed by atoms with E-state index in [2.05, 4.69) is 4.74 Å². The molecule has 0 radical (unpaired) electrons. The van der Waals surface area contributed by atoms with Crippen LogP contribution in [0.15, 0.2) is 12.1 Å². The molecule has 1 aromatic carbocycles. The van der Waals surface area contributed by atoms with Gasteiger partial charge in [-0.25, -0.2) is 0 Å². The maximum Gasteiger partial charge on any atom is 0.461 e. The van der Waals surface area contributed by atoms with Crippen LogP contribution in [0.25, 0.3) is 0 Å². The number of rotatable bonds is 4. The van der Waals surface area contributed by atoms with Crippen molar-refractivity contribution in [1.82, 2.24) is 0 Å². The Balaban J connectivity index is 3.16. The summed E-state index contributed by atoms with van der Waals surface area (Å²) >= 11 is 5.43. The summed E-state index contributed by atoms with van der Waals surface area (Å²) in [5.74, 6) is -0.883. The van der Waals surface area contributed by atoms with Crippen LogP contribution < -0.4 is 10.5 Å². The molecular weight excluding hydrogens is 284 g/mol. The van der Waals surface area contributed by atoms with E-state index >= 15 is 0 Å². The van der Waals surface area contributed by atoms with Gasteiger partial charge in [-0.3, -0.25) is 10.1 Å². The molecule has 10 heteroatoms. The van der Waals surface area contributed by atoms with Gasteiger partial charge in [0.1, 0.15) is 11.4 Å². The van der Waals surface area contributed by atoms with E-state index in [4.69, 9.17) is 17.3 Å². The Morgan fingerprint density at radius 3 is 2.44 bits per heavy atom. The monoisotopic (exact) mass is 288 g/mol. The van der Waals surface area contributed by atoms with Crippen molar-refractivity contribution >= 4 is 23.0 Å². The van der Waals surface area contributed by atoms with Gasteiger partial charge in [0.2, 0.25) is 0 Å². The Kier molecular flexibility index (Phi) is 3.85. The van der Waals surface area contributed by atoms with E-state index in [1.807, 2.05) is 0 Å². The Morgan fingerprint density at radius 2 is 2.00 bits per heavy atom. The van der Waals surface area contributed by atoms with Gasteiger partial charge in [-0.2, -0.15) is 17.6 Å². The minimum absolute atomic E-state index is 0.454. The Bertz CT molecular complexity index is 484. The predicted octanol–water partition coefficient (Wildman–Crippen LogP) is 3.07. The van der Waals surface area contributed by atoms with E-state index in [-0.39, 0.29) is 0 Å². The van der Waals surface area contributed by atoms with Gasteiger partial charge >= 0.3 is 12.5 Å². The summed E-state index contributed by atoms with van der Waals surface area (Å²) in [6, 6.07) is 1.16. The first-order valence-corrected chi connectivity index (χ1v) is 4.61. The molecule has 0 aliphatic heterocycles. The first-order valence-electron chi connectivity index (χ1n) is 4.23. The SMILES string of the molecule is Nc1c(Cl)cc(OC(F)(F)C(F)F)cc1[N+](=O)[O-]. The standard InChI is InChI=1S/C8H5ClF4N2O3/c9-4-1-3(18-8(12,13)7(10)11)2-5(6(4)14)15(16)17/h1-2,7H,14H2. The molecule has 0 atom stereocenters. The molecule has 0 spiro atoms. The molecule has 1 aromatic rings. The Hall–Kier alpha value is -1.77. The van der Waals surface area contributed by atoms with Crippen LogP contribution in [0.4, 0.5) is 28.9 Å². The number of anilines is 1. The van der Waals surface area contributed by atoms with E-state index in [0.717, 1.165) is 0 Å².